The van der Waals surface area contributed by atoms with E-state index < -0.39 is 11.6 Å². The number of halogens is 1. The molecule has 1 aromatic heterocycles. The number of carbonyl (C=O) groups excluding carboxylic acids is 2. The van der Waals surface area contributed by atoms with E-state index in [0.29, 0.717) is 11.7 Å². The molecule has 134 valence electrons. The second-order valence-corrected chi connectivity index (χ2v) is 6.35. The van der Waals surface area contributed by atoms with Crippen LogP contribution in [0.3, 0.4) is 0 Å². The van der Waals surface area contributed by atoms with Gasteiger partial charge in [-0.1, -0.05) is 25.1 Å². The molecule has 0 unspecified atom stereocenters. The first-order valence-corrected chi connectivity index (χ1v) is 8.79. The molecule has 0 saturated carbocycles. The van der Waals surface area contributed by atoms with Crippen molar-refractivity contribution in [3.63, 3.8) is 0 Å². The van der Waals surface area contributed by atoms with Gasteiger partial charge in [-0.05, 0) is 24.6 Å². The van der Waals surface area contributed by atoms with Crippen molar-refractivity contribution >= 4 is 29.1 Å². The third kappa shape index (κ3) is 5.02. The molecule has 2 aromatic rings. The number of nitrogens with zero attached hydrogens (tertiary/aromatic N) is 2. The van der Waals surface area contributed by atoms with Crippen LogP contribution in [-0.2, 0) is 11.3 Å². The molecular weight excluding hydrogens is 347 g/mol. The first-order chi connectivity index (χ1) is 11.9. The molecule has 0 radical (unpaired) electrons. The van der Waals surface area contributed by atoms with Crippen LogP contribution >= 0.6 is 11.8 Å². The number of carbonyl (C=O) groups is 2. The van der Waals surface area contributed by atoms with Gasteiger partial charge < -0.3 is 5.32 Å². The Morgan fingerprint density at radius 2 is 2.16 bits per heavy atom. The number of hydrogen-bond donors (Lipinski definition) is 2. The minimum atomic E-state index is -0.706. The number of aromatic nitrogens is 3. The fraction of sp³-hybridized carbons (Fsp3) is 0.375. The minimum Gasteiger partial charge on any atom is -0.326 e. The van der Waals surface area contributed by atoms with Crippen LogP contribution in [0.5, 0.6) is 0 Å². The van der Waals surface area contributed by atoms with Crippen molar-refractivity contribution in [2.24, 2.45) is 0 Å². The smallest absolute Gasteiger partial charge is 0.326 e. The van der Waals surface area contributed by atoms with Gasteiger partial charge in [0, 0.05) is 19.2 Å². The molecule has 2 rings (SSSR count). The molecule has 9 heteroatoms. The van der Waals surface area contributed by atoms with Gasteiger partial charge in [0.1, 0.15) is 5.82 Å². The molecule has 0 aliphatic rings. The molecule has 0 bridgehead atoms. The standard InChI is InChI=1S/C16H19FN4O3S/c1-3-4-7-21-15(24)19-20-16(21)25-9-14(23)12-6-5-11(8-13(12)17)18-10(2)22/h5-6,8H,3-4,7,9H2,1-2H3,(H,18,22)(H,19,24). The van der Waals surface area contributed by atoms with Crippen LogP contribution in [0.1, 0.15) is 37.0 Å². The number of amides is 1. The molecule has 0 fully saturated rings. The Bertz CT molecular complexity index is 831. The average Bonchev–Trinajstić information content (AvgIpc) is 2.90. The average molecular weight is 366 g/mol. The van der Waals surface area contributed by atoms with Crippen molar-refractivity contribution in [2.45, 2.75) is 38.4 Å². The van der Waals surface area contributed by atoms with Crippen LogP contribution in [0.15, 0.2) is 28.2 Å². The summed E-state index contributed by atoms with van der Waals surface area (Å²) < 4.78 is 15.5. The number of H-pyrrole nitrogens is 1. The Hall–Kier alpha value is -2.42. The van der Waals surface area contributed by atoms with E-state index in [0.717, 1.165) is 30.7 Å². The molecule has 1 aromatic carbocycles. The number of benzene rings is 1. The molecule has 0 atom stereocenters. The van der Waals surface area contributed by atoms with Crippen LogP contribution < -0.4 is 11.0 Å². The number of hydrogen-bond acceptors (Lipinski definition) is 5. The SMILES string of the molecule is CCCCn1c(SCC(=O)c2ccc(NC(C)=O)cc2F)n[nH]c1=O. The van der Waals surface area contributed by atoms with Crippen LogP contribution in [-0.4, -0.2) is 32.2 Å². The highest BCUT2D eigenvalue weighted by Crippen LogP contribution is 2.20. The summed E-state index contributed by atoms with van der Waals surface area (Å²) in [7, 11) is 0. The van der Waals surface area contributed by atoms with E-state index in [4.69, 9.17) is 0 Å². The van der Waals surface area contributed by atoms with Crippen LogP contribution in [0.2, 0.25) is 0 Å². The van der Waals surface area contributed by atoms with Gasteiger partial charge in [-0.3, -0.25) is 14.2 Å². The Kier molecular flexibility index (Phi) is 6.51. The largest absolute Gasteiger partial charge is 0.343 e. The number of aromatic amines is 1. The summed E-state index contributed by atoms with van der Waals surface area (Å²) in [4.78, 5) is 34.9. The first kappa shape index (κ1) is 18.9. The minimum absolute atomic E-state index is 0.0488. The topological polar surface area (TPSA) is 96.8 Å². The normalized spacial score (nSPS) is 10.7. The maximum absolute atomic E-state index is 14.1. The summed E-state index contributed by atoms with van der Waals surface area (Å²) in [6, 6.07) is 3.90. The van der Waals surface area contributed by atoms with Crippen LogP contribution in [0.25, 0.3) is 0 Å². The summed E-state index contributed by atoms with van der Waals surface area (Å²) in [5, 5.41) is 9.11. The first-order valence-electron chi connectivity index (χ1n) is 7.80. The lowest BCUT2D eigenvalue weighted by Gasteiger charge is -2.07. The molecule has 25 heavy (non-hydrogen) atoms. The summed E-state index contributed by atoms with van der Waals surface area (Å²) >= 11 is 1.08. The van der Waals surface area contributed by atoms with Gasteiger partial charge in [-0.15, -0.1) is 5.10 Å². The van der Waals surface area contributed by atoms with E-state index in [1.807, 2.05) is 6.92 Å². The summed E-state index contributed by atoms with van der Waals surface area (Å²) in [5.41, 5.74) is -0.108. The van der Waals surface area contributed by atoms with Gasteiger partial charge in [-0.2, -0.15) is 0 Å². The van der Waals surface area contributed by atoms with Gasteiger partial charge in [0.05, 0.1) is 11.3 Å². The van der Waals surface area contributed by atoms with Crippen molar-refractivity contribution in [3.05, 3.63) is 40.1 Å². The van der Waals surface area contributed by atoms with Gasteiger partial charge in [0.2, 0.25) is 5.91 Å². The summed E-state index contributed by atoms with van der Waals surface area (Å²) in [6.45, 7) is 3.84. The number of Topliss-reactive ketones (excluding diaryl/α,β-unsaturated/α-hetero) is 1. The fourth-order valence-electron chi connectivity index (χ4n) is 2.16. The van der Waals surface area contributed by atoms with E-state index >= 15 is 0 Å². The summed E-state index contributed by atoms with van der Waals surface area (Å²) in [5.74, 6) is -1.50. The Morgan fingerprint density at radius 1 is 1.40 bits per heavy atom. The van der Waals surface area contributed by atoms with Crippen molar-refractivity contribution in [1.82, 2.24) is 14.8 Å². The Labute approximate surface area is 148 Å². The lowest BCUT2D eigenvalue weighted by atomic mass is 10.1. The van der Waals surface area contributed by atoms with Crippen molar-refractivity contribution in [3.8, 4) is 0 Å². The zero-order chi connectivity index (χ0) is 18.4. The maximum Gasteiger partial charge on any atom is 0.343 e. The van der Waals surface area contributed by atoms with E-state index in [-0.39, 0.29) is 28.6 Å². The highest BCUT2D eigenvalue weighted by molar-refractivity contribution is 7.99. The predicted molar refractivity (Wildman–Crippen MR) is 93.5 cm³/mol. The second kappa shape index (κ2) is 8.61. The molecule has 2 N–H and O–H groups in total. The number of ketones is 1. The van der Waals surface area contributed by atoms with Crippen LogP contribution in [0, 0.1) is 5.82 Å². The lowest BCUT2D eigenvalue weighted by Crippen LogP contribution is -2.18. The predicted octanol–water partition coefficient (Wildman–Crippen LogP) is 2.44. The van der Waals surface area contributed by atoms with Crippen molar-refractivity contribution < 1.29 is 14.0 Å². The third-order valence-corrected chi connectivity index (χ3v) is 4.36. The number of unbranched alkanes of at least 4 members (excludes halogenated alkanes) is 1. The molecular formula is C16H19FN4O3S. The van der Waals surface area contributed by atoms with Gasteiger partial charge in [-0.25, -0.2) is 14.3 Å². The number of rotatable bonds is 8. The quantitative estimate of drug-likeness (QED) is 0.552. The van der Waals surface area contributed by atoms with E-state index in [1.54, 1.807) is 0 Å². The number of thioether (sulfide) groups is 1. The van der Waals surface area contributed by atoms with E-state index in [9.17, 15) is 18.8 Å². The van der Waals surface area contributed by atoms with E-state index in [2.05, 4.69) is 15.5 Å². The molecule has 0 aliphatic heterocycles. The number of anilines is 1. The molecule has 0 aliphatic carbocycles. The number of nitrogens with one attached hydrogen (secondary N) is 2. The van der Waals surface area contributed by atoms with Gasteiger partial charge in [0.15, 0.2) is 10.9 Å². The lowest BCUT2D eigenvalue weighted by molar-refractivity contribution is -0.114. The highest BCUT2D eigenvalue weighted by Gasteiger charge is 2.16. The van der Waals surface area contributed by atoms with Gasteiger partial charge >= 0.3 is 5.69 Å². The third-order valence-electron chi connectivity index (χ3n) is 3.38. The fourth-order valence-corrected chi connectivity index (χ4v) is 3.01. The second-order valence-electron chi connectivity index (χ2n) is 5.40. The summed E-state index contributed by atoms with van der Waals surface area (Å²) in [6.07, 6.45) is 1.74. The Balaban J connectivity index is 2.06. The van der Waals surface area contributed by atoms with Crippen molar-refractivity contribution in [1.29, 1.82) is 0 Å². The zero-order valence-electron chi connectivity index (χ0n) is 14.0. The maximum atomic E-state index is 14.1. The monoisotopic (exact) mass is 366 g/mol. The zero-order valence-corrected chi connectivity index (χ0v) is 14.8. The molecule has 0 spiro atoms. The highest BCUT2D eigenvalue weighted by atomic mass is 32.2. The van der Waals surface area contributed by atoms with Gasteiger partial charge in [0.25, 0.3) is 0 Å². The molecule has 0 saturated heterocycles. The van der Waals surface area contributed by atoms with E-state index in [1.165, 1.54) is 23.6 Å². The molecule has 1 amide bonds. The molecule has 1 heterocycles. The molecule has 7 nitrogen and oxygen atoms in total. The van der Waals surface area contributed by atoms with Crippen molar-refractivity contribution in [2.75, 3.05) is 11.1 Å². The van der Waals surface area contributed by atoms with Crippen LogP contribution in [0.4, 0.5) is 10.1 Å². The Morgan fingerprint density at radius 3 is 2.80 bits per heavy atom.